The van der Waals surface area contributed by atoms with Crippen LogP contribution in [0.1, 0.15) is 22.7 Å². The average Bonchev–Trinajstić information content (AvgIpc) is 2.55. The Bertz CT molecular complexity index is 672. The zero-order valence-electron chi connectivity index (χ0n) is 13.6. The van der Waals surface area contributed by atoms with Gasteiger partial charge in [-0.25, -0.2) is 0 Å². The molecule has 0 spiro atoms. The van der Waals surface area contributed by atoms with Crippen LogP contribution in [0.4, 0.5) is 8.78 Å². The Morgan fingerprint density at radius 3 is 2.25 bits per heavy atom. The zero-order chi connectivity index (χ0) is 17.7. The summed E-state index contributed by atoms with van der Waals surface area (Å²) in [6.45, 7) is -0.564. The summed E-state index contributed by atoms with van der Waals surface area (Å²) in [5, 5.41) is 0. The first-order valence-corrected chi connectivity index (χ1v) is 7.47. The third-order valence-corrected chi connectivity index (χ3v) is 3.65. The highest BCUT2D eigenvalue weighted by molar-refractivity contribution is 5.82. The lowest BCUT2D eigenvalue weighted by Crippen LogP contribution is -2.35. The van der Waals surface area contributed by atoms with Crippen molar-refractivity contribution in [2.24, 2.45) is 5.73 Å². The van der Waals surface area contributed by atoms with Crippen LogP contribution in [0.5, 0.6) is 5.75 Å². The Labute approximate surface area is 139 Å². The third-order valence-electron chi connectivity index (χ3n) is 3.65. The van der Waals surface area contributed by atoms with Gasteiger partial charge in [0.15, 0.2) is 0 Å². The van der Waals surface area contributed by atoms with Crippen molar-refractivity contribution in [1.82, 2.24) is 4.90 Å². The largest absolute Gasteiger partial charge is 0.435 e. The summed E-state index contributed by atoms with van der Waals surface area (Å²) in [4.78, 5) is 13.9. The van der Waals surface area contributed by atoms with Crippen LogP contribution in [0.2, 0.25) is 0 Å². The second-order valence-electron chi connectivity index (χ2n) is 5.61. The number of nitrogens with zero attached hydrogens (tertiary/aromatic N) is 1. The molecular weight excluding hydrogens is 314 g/mol. The molecule has 24 heavy (non-hydrogen) atoms. The van der Waals surface area contributed by atoms with E-state index >= 15 is 0 Å². The van der Waals surface area contributed by atoms with E-state index in [0.717, 1.165) is 16.7 Å². The highest BCUT2D eigenvalue weighted by atomic mass is 19.3. The van der Waals surface area contributed by atoms with Crippen molar-refractivity contribution in [1.29, 1.82) is 0 Å². The molecule has 2 aromatic rings. The SMILES string of the molecule is Cc1ccc(C(N)C(=O)N(C)Cc2ccc(OC(F)F)cc2)cc1. The Balaban J connectivity index is 1.99. The van der Waals surface area contributed by atoms with Gasteiger partial charge in [0, 0.05) is 13.6 Å². The van der Waals surface area contributed by atoms with E-state index in [1.165, 1.54) is 17.0 Å². The number of aryl methyl sites for hydroxylation is 1. The molecule has 1 amide bonds. The van der Waals surface area contributed by atoms with Gasteiger partial charge in [0.25, 0.3) is 0 Å². The van der Waals surface area contributed by atoms with Crippen LogP contribution in [-0.4, -0.2) is 24.5 Å². The van der Waals surface area contributed by atoms with E-state index < -0.39 is 12.7 Å². The van der Waals surface area contributed by atoms with Crippen LogP contribution in [0.25, 0.3) is 0 Å². The summed E-state index contributed by atoms with van der Waals surface area (Å²) >= 11 is 0. The van der Waals surface area contributed by atoms with Crippen LogP contribution in [0.15, 0.2) is 48.5 Å². The van der Waals surface area contributed by atoms with Gasteiger partial charge in [-0.05, 0) is 30.2 Å². The fourth-order valence-corrected chi connectivity index (χ4v) is 2.28. The third kappa shape index (κ3) is 4.76. The van der Waals surface area contributed by atoms with Gasteiger partial charge in [0.2, 0.25) is 5.91 Å². The highest BCUT2D eigenvalue weighted by Crippen LogP contribution is 2.18. The number of hydrogen-bond donors (Lipinski definition) is 1. The first kappa shape index (κ1) is 17.9. The van der Waals surface area contributed by atoms with Crippen LogP contribution in [0, 0.1) is 6.92 Å². The topological polar surface area (TPSA) is 55.6 Å². The summed E-state index contributed by atoms with van der Waals surface area (Å²) < 4.78 is 28.5. The van der Waals surface area contributed by atoms with Gasteiger partial charge in [0.1, 0.15) is 11.8 Å². The van der Waals surface area contributed by atoms with Crippen molar-refractivity contribution in [3.05, 3.63) is 65.2 Å². The van der Waals surface area contributed by atoms with Crippen LogP contribution in [-0.2, 0) is 11.3 Å². The first-order chi connectivity index (χ1) is 11.4. The maximum Gasteiger partial charge on any atom is 0.387 e. The number of hydrogen-bond acceptors (Lipinski definition) is 3. The lowest BCUT2D eigenvalue weighted by molar-refractivity contribution is -0.131. The molecule has 0 aliphatic heterocycles. The van der Waals surface area contributed by atoms with Gasteiger partial charge in [-0.15, -0.1) is 0 Å². The highest BCUT2D eigenvalue weighted by Gasteiger charge is 2.20. The smallest absolute Gasteiger partial charge is 0.387 e. The molecule has 2 N–H and O–H groups in total. The van der Waals surface area contributed by atoms with Crippen molar-refractivity contribution < 1.29 is 18.3 Å². The van der Waals surface area contributed by atoms with E-state index in [1.807, 2.05) is 31.2 Å². The number of amides is 1. The Hall–Kier alpha value is -2.47. The van der Waals surface area contributed by atoms with Gasteiger partial charge < -0.3 is 15.4 Å². The molecule has 0 saturated heterocycles. The summed E-state index contributed by atoms with van der Waals surface area (Å²) in [6, 6.07) is 12.9. The molecule has 2 aromatic carbocycles. The minimum atomic E-state index is -2.85. The number of halogens is 2. The zero-order valence-corrected chi connectivity index (χ0v) is 13.6. The van der Waals surface area contributed by atoms with Crippen molar-refractivity contribution in [2.75, 3.05) is 7.05 Å². The van der Waals surface area contributed by atoms with Crippen molar-refractivity contribution in [3.8, 4) is 5.75 Å². The number of likely N-dealkylation sites (N-methyl/N-ethyl adjacent to an activating group) is 1. The summed E-state index contributed by atoms with van der Waals surface area (Å²) in [5.41, 5.74) is 8.67. The molecule has 1 unspecified atom stereocenters. The summed E-state index contributed by atoms with van der Waals surface area (Å²) in [5.74, 6) is -0.133. The molecule has 0 bridgehead atoms. The van der Waals surface area contributed by atoms with Crippen LogP contribution < -0.4 is 10.5 Å². The molecule has 1 atom stereocenters. The molecule has 0 aliphatic carbocycles. The maximum atomic E-state index is 12.4. The molecule has 2 rings (SSSR count). The Morgan fingerprint density at radius 2 is 1.71 bits per heavy atom. The minimum absolute atomic E-state index is 0.0825. The molecule has 0 aromatic heterocycles. The van der Waals surface area contributed by atoms with E-state index in [1.54, 1.807) is 19.2 Å². The Morgan fingerprint density at radius 1 is 1.12 bits per heavy atom. The lowest BCUT2D eigenvalue weighted by atomic mass is 10.0. The van der Waals surface area contributed by atoms with Crippen LogP contribution in [0.3, 0.4) is 0 Å². The first-order valence-electron chi connectivity index (χ1n) is 7.47. The van der Waals surface area contributed by atoms with Gasteiger partial charge in [0.05, 0.1) is 0 Å². The van der Waals surface area contributed by atoms with E-state index in [2.05, 4.69) is 4.74 Å². The second kappa shape index (κ2) is 7.88. The number of rotatable bonds is 6. The minimum Gasteiger partial charge on any atom is -0.435 e. The predicted molar refractivity (Wildman–Crippen MR) is 87.7 cm³/mol. The molecule has 0 fully saturated rings. The molecule has 0 saturated carbocycles. The van der Waals surface area contributed by atoms with E-state index in [-0.39, 0.29) is 11.7 Å². The molecule has 0 aliphatic rings. The molecule has 0 radical (unpaired) electrons. The summed E-state index contributed by atoms with van der Waals surface area (Å²) in [7, 11) is 1.65. The number of alkyl halides is 2. The van der Waals surface area contributed by atoms with Crippen molar-refractivity contribution >= 4 is 5.91 Å². The van der Waals surface area contributed by atoms with Crippen molar-refractivity contribution in [2.45, 2.75) is 26.1 Å². The lowest BCUT2D eigenvalue weighted by Gasteiger charge is -2.22. The van der Waals surface area contributed by atoms with Crippen molar-refractivity contribution in [3.63, 3.8) is 0 Å². The predicted octanol–water partition coefficient (Wildman–Crippen LogP) is 3.25. The summed E-state index contributed by atoms with van der Waals surface area (Å²) in [6.07, 6.45) is 0. The van der Waals surface area contributed by atoms with Gasteiger partial charge >= 0.3 is 6.61 Å². The second-order valence-corrected chi connectivity index (χ2v) is 5.61. The van der Waals surface area contributed by atoms with E-state index in [0.29, 0.717) is 6.54 Å². The standard InChI is InChI=1S/C18H20F2N2O2/c1-12-3-7-14(8-4-12)16(21)17(23)22(2)11-13-5-9-15(10-6-13)24-18(19)20/h3-10,16,18H,11,21H2,1-2H3. The fourth-order valence-electron chi connectivity index (χ4n) is 2.28. The van der Waals surface area contributed by atoms with Gasteiger partial charge in [-0.3, -0.25) is 4.79 Å². The quantitative estimate of drug-likeness (QED) is 0.882. The normalized spacial score (nSPS) is 12.1. The molecular formula is C18H20F2N2O2. The van der Waals surface area contributed by atoms with Crippen LogP contribution >= 0.6 is 0 Å². The van der Waals surface area contributed by atoms with E-state index in [4.69, 9.17) is 5.73 Å². The molecule has 128 valence electrons. The number of ether oxygens (including phenoxy) is 1. The number of nitrogens with two attached hydrogens (primary N) is 1. The average molecular weight is 334 g/mol. The van der Waals surface area contributed by atoms with Gasteiger partial charge in [-0.2, -0.15) is 8.78 Å². The van der Waals surface area contributed by atoms with Gasteiger partial charge in [-0.1, -0.05) is 42.0 Å². The van der Waals surface area contributed by atoms with E-state index in [9.17, 15) is 13.6 Å². The molecule has 4 nitrogen and oxygen atoms in total. The molecule has 0 heterocycles. The fraction of sp³-hybridized carbons (Fsp3) is 0.278. The Kier molecular flexibility index (Phi) is 5.87. The maximum absolute atomic E-state index is 12.4. The number of benzene rings is 2. The number of carbonyl (C=O) groups excluding carboxylic acids is 1. The number of carbonyl (C=O) groups is 1. The monoisotopic (exact) mass is 334 g/mol. The molecule has 6 heteroatoms.